The minimum absolute atomic E-state index is 0.169. The van der Waals surface area contributed by atoms with Crippen molar-refractivity contribution in [1.29, 1.82) is 0 Å². The van der Waals surface area contributed by atoms with Crippen LogP contribution in [-0.4, -0.2) is 73.9 Å². The summed E-state index contributed by atoms with van der Waals surface area (Å²) in [7, 11) is 31.0. The summed E-state index contributed by atoms with van der Waals surface area (Å²) >= 11 is 0. The summed E-state index contributed by atoms with van der Waals surface area (Å²) in [5.74, 6) is 6.13. The fourth-order valence-electron chi connectivity index (χ4n) is 2.73. The minimum Gasteiger partial charge on any atom is -0.117 e. The van der Waals surface area contributed by atoms with Gasteiger partial charge in [-0.15, -0.1) is 88.6 Å². The van der Waals surface area contributed by atoms with Crippen molar-refractivity contribution in [2.75, 3.05) is 73.9 Å². The maximum Gasteiger partial charge on any atom is -0.00363 e. The lowest BCUT2D eigenvalue weighted by Crippen LogP contribution is -1.89. The molecule has 0 spiro atoms. The molecule has 0 heterocycles. The second-order valence-electron chi connectivity index (χ2n) is 8.12. The standard InChI is InChI=1S/2C8H28P10/c2*1-3-5-16(14-9)8-17(18(11)12)6-4-13-7-15(2)10/h2*13-14H,3-12H2,1-2H3. The maximum atomic E-state index is 3.11. The van der Waals surface area contributed by atoms with Crippen LogP contribution in [0.2, 0.25) is 0 Å². The third-order valence-electron chi connectivity index (χ3n) is 4.49. The van der Waals surface area contributed by atoms with Crippen LogP contribution < -0.4 is 0 Å². The molecule has 0 nitrogen and oxygen atoms in total. The van der Waals surface area contributed by atoms with E-state index >= 15 is 0 Å². The molecule has 20 heteroatoms. The summed E-state index contributed by atoms with van der Waals surface area (Å²) in [5, 5.41) is 0. The van der Waals surface area contributed by atoms with Gasteiger partial charge in [-0.25, -0.2) is 0 Å². The monoisotopic (exact) mass is 868 g/mol. The van der Waals surface area contributed by atoms with Crippen molar-refractivity contribution in [1.82, 2.24) is 0 Å². The first-order chi connectivity index (χ1) is 17.0. The molecule has 0 aliphatic carbocycles. The van der Waals surface area contributed by atoms with Gasteiger partial charge in [0.1, 0.15) is 0 Å². The maximum absolute atomic E-state index is 3.11. The molecule has 0 aromatic carbocycles. The molecule has 18 unspecified atom stereocenters. The first-order valence-corrected chi connectivity index (χ1v) is 46.6. The second-order valence-corrected chi connectivity index (χ2v) is 62.9. The van der Waals surface area contributed by atoms with Gasteiger partial charge in [0.2, 0.25) is 0 Å². The van der Waals surface area contributed by atoms with Crippen molar-refractivity contribution in [2.45, 2.75) is 26.7 Å². The van der Waals surface area contributed by atoms with Crippen LogP contribution >= 0.6 is 164 Å². The van der Waals surface area contributed by atoms with Crippen molar-refractivity contribution in [2.24, 2.45) is 0 Å². The summed E-state index contributed by atoms with van der Waals surface area (Å²) in [6, 6.07) is 0. The lowest BCUT2D eigenvalue weighted by Gasteiger charge is -2.26. The van der Waals surface area contributed by atoms with E-state index in [-0.39, 0.29) is 29.2 Å². The molecular weight excluding hydrogens is 812 g/mol. The van der Waals surface area contributed by atoms with E-state index < -0.39 is 0 Å². The lowest BCUT2D eigenvalue weighted by molar-refractivity contribution is 1.10. The van der Waals surface area contributed by atoms with Crippen molar-refractivity contribution in [3.63, 3.8) is 0 Å². The van der Waals surface area contributed by atoms with Crippen LogP contribution in [0.25, 0.3) is 0 Å². The van der Waals surface area contributed by atoms with Gasteiger partial charge in [-0.1, -0.05) is 88.3 Å². The summed E-state index contributed by atoms with van der Waals surface area (Å²) in [4.78, 5) is 0. The Balaban J connectivity index is 0. The Bertz CT molecular complexity index is 413. The van der Waals surface area contributed by atoms with E-state index in [1.54, 1.807) is 11.8 Å². The van der Waals surface area contributed by atoms with Crippen LogP contribution in [0.3, 0.4) is 0 Å². The van der Waals surface area contributed by atoms with Gasteiger partial charge in [-0.2, -0.15) is 0 Å². The minimum atomic E-state index is 0.169. The van der Waals surface area contributed by atoms with Gasteiger partial charge in [0.25, 0.3) is 0 Å². The first kappa shape index (κ1) is 46.7. The predicted octanol–water partition coefficient (Wildman–Crippen LogP) is 14.4. The number of hydrogen-bond acceptors (Lipinski definition) is 0. The van der Waals surface area contributed by atoms with Crippen molar-refractivity contribution in [3.8, 4) is 0 Å². The molecule has 0 aromatic rings. The van der Waals surface area contributed by atoms with Crippen LogP contribution in [0.1, 0.15) is 26.7 Å². The molecule has 0 amide bonds. The Morgan fingerprint density at radius 3 is 1.11 bits per heavy atom. The van der Waals surface area contributed by atoms with E-state index in [1.807, 2.05) is 0 Å². The van der Waals surface area contributed by atoms with Gasteiger partial charge in [0, 0.05) is 0 Å². The Hall–Kier alpha value is 8.60. The van der Waals surface area contributed by atoms with E-state index in [4.69, 9.17) is 0 Å². The Labute approximate surface area is 262 Å². The van der Waals surface area contributed by atoms with E-state index in [9.17, 15) is 0 Å². The van der Waals surface area contributed by atoms with Gasteiger partial charge >= 0.3 is 0 Å². The molecule has 0 N–H and O–H groups in total. The predicted molar refractivity (Wildman–Crippen MR) is 247 cm³/mol. The highest BCUT2D eigenvalue weighted by Gasteiger charge is 2.18. The second kappa shape index (κ2) is 33.5. The van der Waals surface area contributed by atoms with Gasteiger partial charge in [0.05, 0.1) is 0 Å². The van der Waals surface area contributed by atoms with E-state index in [1.165, 1.54) is 78.8 Å². The zero-order valence-electron chi connectivity index (χ0n) is 22.7. The molecule has 0 aliphatic rings. The zero-order chi connectivity index (χ0) is 27.9. The molecule has 0 fully saturated rings. The number of hydrogen-bond donors (Lipinski definition) is 0. The Morgan fingerprint density at radius 2 is 0.889 bits per heavy atom. The third-order valence-corrected chi connectivity index (χ3v) is 58.2. The molecule has 220 valence electrons. The molecule has 0 aliphatic heterocycles. The Morgan fingerprint density at radius 1 is 0.556 bits per heavy atom. The molecule has 0 rings (SSSR count). The van der Waals surface area contributed by atoms with Crippen molar-refractivity contribution >= 4 is 164 Å². The van der Waals surface area contributed by atoms with Crippen LogP contribution in [0, 0.1) is 0 Å². The smallest absolute Gasteiger partial charge is 0.00363 e. The van der Waals surface area contributed by atoms with Crippen molar-refractivity contribution in [3.05, 3.63) is 0 Å². The fourth-order valence-corrected chi connectivity index (χ4v) is 57.7. The highest BCUT2D eigenvalue weighted by Crippen LogP contribution is 2.84. The quantitative estimate of drug-likeness (QED) is 0.0751. The molecular formula is C16H56P20. The molecule has 0 saturated carbocycles. The SMILES string of the molecule is CCCP(CP(CCPCP(C)P)P(P)P)PP.CCCP(CP(CCPCP(C)P)P(P)P)PP. The third kappa shape index (κ3) is 31.2. The molecule has 36 heavy (non-hydrogen) atoms. The summed E-state index contributed by atoms with van der Waals surface area (Å²) in [6.45, 7) is 9.78. The summed E-state index contributed by atoms with van der Waals surface area (Å²) in [5.41, 5.74) is 0. The summed E-state index contributed by atoms with van der Waals surface area (Å²) in [6.07, 6.45) is 11.9. The van der Waals surface area contributed by atoms with Gasteiger partial charge in [-0.05, 0) is 87.9 Å². The first-order valence-electron chi connectivity index (χ1n) is 11.9. The largest absolute Gasteiger partial charge is 0.117 e. The van der Waals surface area contributed by atoms with E-state index in [2.05, 4.69) is 98.6 Å². The van der Waals surface area contributed by atoms with Gasteiger partial charge < -0.3 is 0 Å². The molecule has 0 bridgehead atoms. The molecule has 18 atom stereocenters. The molecule has 0 aromatic heterocycles. The summed E-state index contributed by atoms with van der Waals surface area (Å²) < 4.78 is 0. The molecule has 0 saturated heterocycles. The Kier molecular flexibility index (Phi) is 43.5. The van der Waals surface area contributed by atoms with Crippen LogP contribution in [0.15, 0.2) is 0 Å². The van der Waals surface area contributed by atoms with E-state index in [0.717, 1.165) is 15.9 Å². The number of rotatable bonds is 22. The molecule has 0 radical (unpaired) electrons. The van der Waals surface area contributed by atoms with Crippen molar-refractivity contribution < 1.29 is 0 Å². The highest BCUT2D eigenvalue weighted by atomic mass is 32.7. The highest BCUT2D eigenvalue weighted by molar-refractivity contribution is 8.74. The van der Waals surface area contributed by atoms with Gasteiger partial charge in [0.15, 0.2) is 0 Å². The lowest BCUT2D eigenvalue weighted by atomic mass is 10.6. The average Bonchev–Trinajstić information content (AvgIpc) is 2.81. The van der Waals surface area contributed by atoms with E-state index in [0.29, 0.717) is 30.4 Å². The fraction of sp³-hybridized carbons (Fsp3) is 1.00. The van der Waals surface area contributed by atoms with Gasteiger partial charge in [-0.3, -0.25) is 0 Å². The normalized spacial score (nSPS) is 18.2. The van der Waals surface area contributed by atoms with Crippen LogP contribution in [0.4, 0.5) is 0 Å². The van der Waals surface area contributed by atoms with Crippen LogP contribution in [-0.2, 0) is 0 Å². The van der Waals surface area contributed by atoms with Crippen LogP contribution in [0.5, 0.6) is 0 Å². The zero-order valence-corrected chi connectivity index (χ0v) is 43.1. The topological polar surface area (TPSA) is 0 Å². The average molecular weight is 868 g/mol.